The van der Waals surface area contributed by atoms with Crippen LogP contribution in [0.2, 0.25) is 0 Å². The minimum absolute atomic E-state index is 0.00908. The van der Waals surface area contributed by atoms with Crippen molar-refractivity contribution < 1.29 is 31.8 Å². The van der Waals surface area contributed by atoms with E-state index in [1.165, 1.54) is 61.8 Å². The van der Waals surface area contributed by atoms with E-state index in [2.05, 4.69) is 9.97 Å². The van der Waals surface area contributed by atoms with Gasteiger partial charge in [-0.25, -0.2) is 9.37 Å². The molecule has 0 amide bonds. The summed E-state index contributed by atoms with van der Waals surface area (Å²) >= 11 is 0. The van der Waals surface area contributed by atoms with Gasteiger partial charge < -0.3 is 14.2 Å². The molecule has 11 heteroatoms. The monoisotopic (exact) mass is 551 g/mol. The molecule has 0 aliphatic carbocycles. The standard InChI is InChI=1S/C29H21F4N3O4/c1-38-26-12-20-23(13-27(26)39-2)35-10-9-24(20)40-25-8-5-18(11-22(25)30)21-14-34-16-36(28(21)37)15-17-3-6-19(7-4-17)29(31,32)33/h3-14,16H,15H2,1-2H3. The van der Waals surface area contributed by atoms with Crippen molar-refractivity contribution >= 4 is 10.9 Å². The van der Waals surface area contributed by atoms with E-state index < -0.39 is 23.1 Å². The molecule has 0 unspecified atom stereocenters. The molecule has 2 heterocycles. The van der Waals surface area contributed by atoms with Crippen molar-refractivity contribution in [2.75, 3.05) is 14.2 Å². The van der Waals surface area contributed by atoms with Gasteiger partial charge >= 0.3 is 6.18 Å². The maximum absolute atomic E-state index is 15.2. The molecule has 7 nitrogen and oxygen atoms in total. The number of methoxy groups -OCH3 is 2. The van der Waals surface area contributed by atoms with E-state index in [1.807, 2.05) is 0 Å². The predicted octanol–water partition coefficient (Wildman–Crippen LogP) is 6.47. The van der Waals surface area contributed by atoms with Gasteiger partial charge in [-0.1, -0.05) is 18.2 Å². The summed E-state index contributed by atoms with van der Waals surface area (Å²) in [6, 6.07) is 13.5. The molecule has 0 aliphatic rings. The normalized spacial score (nSPS) is 11.4. The van der Waals surface area contributed by atoms with Crippen LogP contribution in [0.4, 0.5) is 17.6 Å². The molecule has 0 aliphatic heterocycles. The molecular formula is C29H21F4N3O4. The lowest BCUT2D eigenvalue weighted by molar-refractivity contribution is -0.137. The second-order valence-corrected chi connectivity index (χ2v) is 8.72. The largest absolute Gasteiger partial charge is 0.493 e. The SMILES string of the molecule is COc1cc2nccc(Oc3ccc(-c4cncn(Cc5ccc(C(F)(F)F)cc5)c4=O)cc3F)c2cc1OC. The first kappa shape index (κ1) is 26.7. The van der Waals surface area contributed by atoms with Crippen molar-refractivity contribution in [1.82, 2.24) is 14.5 Å². The highest BCUT2D eigenvalue weighted by Crippen LogP contribution is 2.37. The van der Waals surface area contributed by atoms with E-state index in [0.717, 1.165) is 18.2 Å². The fourth-order valence-electron chi connectivity index (χ4n) is 4.16. The molecule has 0 spiro atoms. The summed E-state index contributed by atoms with van der Waals surface area (Å²) in [5, 5.41) is 0.571. The number of nitrogens with zero attached hydrogens (tertiary/aromatic N) is 3. The first-order valence-corrected chi connectivity index (χ1v) is 11.9. The van der Waals surface area contributed by atoms with Crippen LogP contribution in [0.5, 0.6) is 23.0 Å². The van der Waals surface area contributed by atoms with Crippen molar-refractivity contribution in [3.63, 3.8) is 0 Å². The molecule has 3 aromatic carbocycles. The van der Waals surface area contributed by atoms with E-state index in [4.69, 9.17) is 14.2 Å². The number of hydrogen-bond donors (Lipinski definition) is 0. The second-order valence-electron chi connectivity index (χ2n) is 8.72. The molecule has 0 atom stereocenters. The summed E-state index contributed by atoms with van der Waals surface area (Å²) in [4.78, 5) is 21.5. The van der Waals surface area contributed by atoms with Crippen LogP contribution in [0.15, 0.2) is 84.2 Å². The smallest absolute Gasteiger partial charge is 0.416 e. The summed E-state index contributed by atoms with van der Waals surface area (Å²) in [6.45, 7) is -0.00908. The van der Waals surface area contributed by atoms with Gasteiger partial charge in [-0.3, -0.25) is 14.3 Å². The summed E-state index contributed by atoms with van der Waals surface area (Å²) < 4.78 is 71.5. The van der Waals surface area contributed by atoms with Gasteiger partial charge in [0.1, 0.15) is 5.75 Å². The number of alkyl halides is 3. The Balaban J connectivity index is 1.42. The molecule has 0 fully saturated rings. The second kappa shape index (κ2) is 10.7. The van der Waals surface area contributed by atoms with E-state index >= 15 is 4.39 Å². The number of aromatic nitrogens is 3. The highest BCUT2D eigenvalue weighted by molar-refractivity contribution is 5.88. The van der Waals surface area contributed by atoms with Crippen LogP contribution in [0.1, 0.15) is 11.1 Å². The molecule has 2 aromatic heterocycles. The summed E-state index contributed by atoms with van der Waals surface area (Å²) in [5.41, 5.74) is 0.135. The average Bonchev–Trinajstić information content (AvgIpc) is 2.94. The number of fused-ring (bicyclic) bond motifs is 1. The van der Waals surface area contributed by atoms with Crippen LogP contribution in [0.3, 0.4) is 0 Å². The van der Waals surface area contributed by atoms with Gasteiger partial charge in [0, 0.05) is 23.8 Å². The highest BCUT2D eigenvalue weighted by Gasteiger charge is 2.30. The van der Waals surface area contributed by atoms with E-state index in [0.29, 0.717) is 33.7 Å². The van der Waals surface area contributed by atoms with Crippen LogP contribution >= 0.6 is 0 Å². The Labute approximate surface area is 225 Å². The summed E-state index contributed by atoms with van der Waals surface area (Å²) in [5.74, 6) is 0.460. The Bertz CT molecular complexity index is 1750. The molecule has 0 bridgehead atoms. The Morgan fingerprint density at radius 2 is 1.60 bits per heavy atom. The zero-order chi connectivity index (χ0) is 28.4. The average molecular weight is 551 g/mol. The maximum Gasteiger partial charge on any atom is 0.416 e. The molecule has 0 N–H and O–H groups in total. The maximum atomic E-state index is 15.2. The third kappa shape index (κ3) is 5.31. The van der Waals surface area contributed by atoms with Crippen LogP contribution in [0, 0.1) is 5.82 Å². The predicted molar refractivity (Wildman–Crippen MR) is 139 cm³/mol. The quantitative estimate of drug-likeness (QED) is 0.216. The first-order chi connectivity index (χ1) is 19.2. The van der Waals surface area contributed by atoms with Gasteiger partial charge in [0.2, 0.25) is 0 Å². The number of hydrogen-bond acceptors (Lipinski definition) is 6. The number of ether oxygens (including phenoxy) is 3. The van der Waals surface area contributed by atoms with Crippen LogP contribution in [0.25, 0.3) is 22.0 Å². The van der Waals surface area contributed by atoms with Crippen molar-refractivity contribution in [3.8, 4) is 34.1 Å². The van der Waals surface area contributed by atoms with Crippen molar-refractivity contribution in [3.05, 3.63) is 107 Å². The molecule has 5 aromatic rings. The van der Waals surface area contributed by atoms with Crippen LogP contribution in [-0.2, 0) is 12.7 Å². The Hall–Kier alpha value is -4.93. The molecule has 0 saturated carbocycles. The lowest BCUT2D eigenvalue weighted by Gasteiger charge is -2.13. The molecule has 0 radical (unpaired) electrons. The lowest BCUT2D eigenvalue weighted by atomic mass is 10.1. The Morgan fingerprint density at radius 3 is 2.27 bits per heavy atom. The fourth-order valence-corrected chi connectivity index (χ4v) is 4.16. The topological polar surface area (TPSA) is 75.5 Å². The van der Waals surface area contributed by atoms with Gasteiger partial charge in [-0.2, -0.15) is 13.2 Å². The molecule has 204 valence electrons. The van der Waals surface area contributed by atoms with Crippen molar-refractivity contribution in [2.24, 2.45) is 0 Å². The van der Waals surface area contributed by atoms with E-state index in [9.17, 15) is 18.0 Å². The van der Waals surface area contributed by atoms with Crippen LogP contribution < -0.4 is 19.8 Å². The third-order valence-corrected chi connectivity index (χ3v) is 6.20. The minimum atomic E-state index is -4.46. The van der Waals surface area contributed by atoms with Crippen LogP contribution in [-0.4, -0.2) is 28.8 Å². The van der Waals surface area contributed by atoms with Crippen molar-refractivity contribution in [2.45, 2.75) is 12.7 Å². The van der Waals surface area contributed by atoms with Gasteiger partial charge in [0.05, 0.1) is 43.7 Å². The molecule has 40 heavy (non-hydrogen) atoms. The number of benzene rings is 3. The summed E-state index contributed by atoms with van der Waals surface area (Å²) in [6.07, 6.45) is -0.363. The fraction of sp³-hybridized carbons (Fsp3) is 0.138. The highest BCUT2D eigenvalue weighted by atomic mass is 19.4. The molecule has 5 rings (SSSR count). The van der Waals surface area contributed by atoms with Crippen molar-refractivity contribution in [1.29, 1.82) is 0 Å². The molecular weight excluding hydrogens is 530 g/mol. The zero-order valence-corrected chi connectivity index (χ0v) is 21.2. The number of halogens is 4. The van der Waals surface area contributed by atoms with Gasteiger partial charge in [0.15, 0.2) is 23.1 Å². The minimum Gasteiger partial charge on any atom is -0.493 e. The lowest BCUT2D eigenvalue weighted by Crippen LogP contribution is -2.22. The van der Waals surface area contributed by atoms with E-state index in [-0.39, 0.29) is 23.4 Å². The van der Waals surface area contributed by atoms with Gasteiger partial charge in [-0.15, -0.1) is 0 Å². The zero-order valence-electron chi connectivity index (χ0n) is 21.2. The van der Waals surface area contributed by atoms with Gasteiger partial charge in [-0.05, 0) is 47.5 Å². The third-order valence-electron chi connectivity index (χ3n) is 6.20. The Morgan fingerprint density at radius 1 is 0.875 bits per heavy atom. The molecule has 0 saturated heterocycles. The number of pyridine rings is 1. The Kier molecular flexibility index (Phi) is 7.12. The first-order valence-electron chi connectivity index (χ1n) is 11.9. The van der Waals surface area contributed by atoms with E-state index in [1.54, 1.807) is 18.2 Å². The van der Waals surface area contributed by atoms with Gasteiger partial charge in [0.25, 0.3) is 5.56 Å². The number of rotatable bonds is 7. The summed E-state index contributed by atoms with van der Waals surface area (Å²) in [7, 11) is 3.00.